The van der Waals surface area contributed by atoms with E-state index in [2.05, 4.69) is 57.9 Å². The number of aromatic nitrogens is 5. The summed E-state index contributed by atoms with van der Waals surface area (Å²) in [7, 11) is 0. The first kappa shape index (κ1) is 19.6. The molecule has 2 aromatic heterocycles. The second-order valence-electron chi connectivity index (χ2n) is 6.98. The lowest BCUT2D eigenvalue weighted by molar-refractivity contribution is 0.248. The van der Waals surface area contributed by atoms with E-state index in [1.165, 1.54) is 11.9 Å². The summed E-state index contributed by atoms with van der Waals surface area (Å²) in [5, 5.41) is 14.5. The Bertz CT molecular complexity index is 944. The van der Waals surface area contributed by atoms with Crippen molar-refractivity contribution in [2.45, 2.75) is 53.2 Å². The molecule has 148 valence electrons. The molecule has 0 saturated carbocycles. The van der Waals surface area contributed by atoms with Crippen LogP contribution in [0.15, 0.2) is 36.7 Å². The van der Waals surface area contributed by atoms with Gasteiger partial charge in [-0.15, -0.1) is 0 Å². The standard InChI is InChI=1S/C20H27N7O/c1-5-9-26-19(21-13-22-26)16(4)23-20(28)24-18-11-15(3)25-27(18)12-17-8-6-7-14(2)10-17/h6-8,10-11,13,16H,5,9,12H2,1-4H3,(H2,23,24,28)/t16-/m0/s1. The summed E-state index contributed by atoms with van der Waals surface area (Å²) in [4.78, 5) is 16.8. The molecule has 0 saturated heterocycles. The molecular weight excluding hydrogens is 354 g/mol. The van der Waals surface area contributed by atoms with Crippen molar-refractivity contribution in [1.82, 2.24) is 29.9 Å². The van der Waals surface area contributed by atoms with E-state index < -0.39 is 0 Å². The van der Waals surface area contributed by atoms with Crippen LogP contribution in [0.25, 0.3) is 0 Å². The zero-order chi connectivity index (χ0) is 20.1. The number of rotatable bonds is 7. The fourth-order valence-corrected chi connectivity index (χ4v) is 3.16. The largest absolute Gasteiger partial charge is 0.328 e. The summed E-state index contributed by atoms with van der Waals surface area (Å²) >= 11 is 0. The molecule has 0 unspecified atom stereocenters. The smallest absolute Gasteiger partial charge is 0.320 e. The van der Waals surface area contributed by atoms with Gasteiger partial charge in [-0.3, -0.25) is 5.32 Å². The Morgan fingerprint density at radius 3 is 2.79 bits per heavy atom. The van der Waals surface area contributed by atoms with E-state index in [0.29, 0.717) is 12.4 Å². The maximum Gasteiger partial charge on any atom is 0.320 e. The zero-order valence-electron chi connectivity index (χ0n) is 16.8. The summed E-state index contributed by atoms with van der Waals surface area (Å²) in [5.74, 6) is 1.39. The fourth-order valence-electron chi connectivity index (χ4n) is 3.16. The molecule has 0 radical (unpaired) electrons. The SMILES string of the molecule is CCCn1ncnc1[C@H](C)NC(=O)Nc1cc(C)nn1Cc1cccc(C)c1. The lowest BCUT2D eigenvalue weighted by Gasteiger charge is -2.15. The van der Waals surface area contributed by atoms with E-state index >= 15 is 0 Å². The Morgan fingerprint density at radius 1 is 1.21 bits per heavy atom. The summed E-state index contributed by atoms with van der Waals surface area (Å²) in [5.41, 5.74) is 3.17. The number of carbonyl (C=O) groups is 1. The van der Waals surface area contributed by atoms with Gasteiger partial charge in [0.2, 0.25) is 0 Å². The minimum atomic E-state index is -0.302. The molecule has 2 amide bonds. The van der Waals surface area contributed by atoms with Gasteiger partial charge in [0.25, 0.3) is 0 Å². The van der Waals surface area contributed by atoms with Crippen molar-refractivity contribution >= 4 is 11.8 Å². The molecule has 0 aliphatic heterocycles. The number of anilines is 1. The van der Waals surface area contributed by atoms with Crippen molar-refractivity contribution in [3.8, 4) is 0 Å². The number of carbonyl (C=O) groups excluding carboxylic acids is 1. The average molecular weight is 381 g/mol. The zero-order valence-corrected chi connectivity index (χ0v) is 16.8. The Kier molecular flexibility index (Phi) is 6.08. The highest BCUT2D eigenvalue weighted by molar-refractivity contribution is 5.88. The highest BCUT2D eigenvalue weighted by Crippen LogP contribution is 2.15. The van der Waals surface area contributed by atoms with Gasteiger partial charge in [0.1, 0.15) is 18.0 Å². The number of urea groups is 1. The Hall–Kier alpha value is -3.16. The van der Waals surface area contributed by atoms with Crippen molar-refractivity contribution in [1.29, 1.82) is 0 Å². The third-order valence-corrected chi connectivity index (χ3v) is 4.37. The van der Waals surface area contributed by atoms with Gasteiger partial charge in [-0.1, -0.05) is 36.8 Å². The first-order valence-corrected chi connectivity index (χ1v) is 9.51. The summed E-state index contributed by atoms with van der Waals surface area (Å²) in [6, 6.07) is 9.55. The van der Waals surface area contributed by atoms with Crippen molar-refractivity contribution in [2.75, 3.05) is 5.32 Å². The van der Waals surface area contributed by atoms with Gasteiger partial charge in [-0.25, -0.2) is 19.1 Å². The number of hydrogen-bond donors (Lipinski definition) is 2. The number of hydrogen-bond acceptors (Lipinski definition) is 4. The molecule has 3 rings (SSSR count). The van der Waals surface area contributed by atoms with Gasteiger partial charge >= 0.3 is 6.03 Å². The average Bonchev–Trinajstić information content (AvgIpc) is 3.22. The molecule has 0 aliphatic carbocycles. The van der Waals surface area contributed by atoms with Crippen LogP contribution < -0.4 is 10.6 Å². The molecule has 0 fully saturated rings. The van der Waals surface area contributed by atoms with Gasteiger partial charge in [0.05, 0.1) is 18.3 Å². The number of nitrogens with zero attached hydrogens (tertiary/aromatic N) is 5. The normalized spacial score (nSPS) is 12.0. The van der Waals surface area contributed by atoms with Gasteiger partial charge in [-0.2, -0.15) is 10.2 Å². The number of aryl methyl sites for hydroxylation is 3. The van der Waals surface area contributed by atoms with E-state index in [4.69, 9.17) is 0 Å². The Labute approximate surface area is 165 Å². The molecule has 28 heavy (non-hydrogen) atoms. The van der Waals surface area contributed by atoms with E-state index in [-0.39, 0.29) is 12.1 Å². The van der Waals surface area contributed by atoms with Crippen LogP contribution in [0.2, 0.25) is 0 Å². The summed E-state index contributed by atoms with van der Waals surface area (Å²) < 4.78 is 3.62. The lowest BCUT2D eigenvalue weighted by Crippen LogP contribution is -2.33. The van der Waals surface area contributed by atoms with Gasteiger partial charge < -0.3 is 5.32 Å². The van der Waals surface area contributed by atoms with Crippen LogP contribution >= 0.6 is 0 Å². The molecule has 0 spiro atoms. The summed E-state index contributed by atoms with van der Waals surface area (Å²) in [6.45, 7) is 9.30. The lowest BCUT2D eigenvalue weighted by atomic mass is 10.1. The fraction of sp³-hybridized carbons (Fsp3) is 0.400. The van der Waals surface area contributed by atoms with E-state index in [1.54, 1.807) is 4.68 Å². The quantitative estimate of drug-likeness (QED) is 0.656. The molecule has 0 bridgehead atoms. The van der Waals surface area contributed by atoms with Crippen molar-refractivity contribution in [3.05, 3.63) is 59.3 Å². The third-order valence-electron chi connectivity index (χ3n) is 4.37. The molecule has 3 aromatic rings. The monoisotopic (exact) mass is 381 g/mol. The van der Waals surface area contributed by atoms with E-state index in [1.807, 2.05) is 30.7 Å². The van der Waals surface area contributed by atoms with Crippen LogP contribution in [0.3, 0.4) is 0 Å². The van der Waals surface area contributed by atoms with Crippen molar-refractivity contribution in [2.24, 2.45) is 0 Å². The van der Waals surface area contributed by atoms with Crippen molar-refractivity contribution in [3.63, 3.8) is 0 Å². The Morgan fingerprint density at radius 2 is 2.04 bits per heavy atom. The van der Waals surface area contributed by atoms with Crippen molar-refractivity contribution < 1.29 is 4.79 Å². The molecular formula is C20H27N7O. The second kappa shape index (κ2) is 8.69. The van der Waals surface area contributed by atoms with E-state index in [0.717, 1.165) is 30.0 Å². The number of amides is 2. The third kappa shape index (κ3) is 4.76. The molecule has 1 atom stereocenters. The van der Waals surface area contributed by atoms with Gasteiger partial charge in [-0.05, 0) is 32.8 Å². The van der Waals surface area contributed by atoms with Crippen LogP contribution in [0, 0.1) is 13.8 Å². The molecule has 8 heteroatoms. The molecule has 2 N–H and O–H groups in total. The molecule has 0 aliphatic rings. The highest BCUT2D eigenvalue weighted by Gasteiger charge is 2.17. The highest BCUT2D eigenvalue weighted by atomic mass is 16.2. The van der Waals surface area contributed by atoms with E-state index in [9.17, 15) is 4.79 Å². The first-order chi connectivity index (χ1) is 13.5. The van der Waals surface area contributed by atoms with Crippen LogP contribution in [0.4, 0.5) is 10.6 Å². The van der Waals surface area contributed by atoms with Gasteiger partial charge in [0.15, 0.2) is 0 Å². The summed E-state index contributed by atoms with van der Waals surface area (Å²) in [6.07, 6.45) is 2.47. The molecule has 8 nitrogen and oxygen atoms in total. The minimum absolute atomic E-state index is 0.261. The van der Waals surface area contributed by atoms with Crippen LogP contribution in [0.1, 0.15) is 49.0 Å². The van der Waals surface area contributed by atoms with Gasteiger partial charge in [0, 0.05) is 12.6 Å². The van der Waals surface area contributed by atoms with Crippen LogP contribution in [0.5, 0.6) is 0 Å². The maximum absolute atomic E-state index is 12.5. The van der Waals surface area contributed by atoms with Crippen LogP contribution in [-0.2, 0) is 13.1 Å². The minimum Gasteiger partial charge on any atom is -0.328 e. The number of benzene rings is 1. The topological polar surface area (TPSA) is 89.7 Å². The maximum atomic E-state index is 12.5. The first-order valence-electron chi connectivity index (χ1n) is 9.51. The Balaban J connectivity index is 1.68. The number of nitrogens with one attached hydrogen (secondary N) is 2. The predicted molar refractivity (Wildman–Crippen MR) is 108 cm³/mol. The molecule has 1 aromatic carbocycles. The van der Waals surface area contributed by atoms with Crippen LogP contribution in [-0.4, -0.2) is 30.6 Å². The second-order valence-corrected chi connectivity index (χ2v) is 6.98. The predicted octanol–water partition coefficient (Wildman–Crippen LogP) is 3.43. The molecule has 2 heterocycles.